The zero-order valence-electron chi connectivity index (χ0n) is 17.6. The Labute approximate surface area is 204 Å². The van der Waals surface area contributed by atoms with E-state index in [4.69, 9.17) is 33.2 Å². The van der Waals surface area contributed by atoms with Gasteiger partial charge in [-0.15, -0.1) is 0 Å². The van der Waals surface area contributed by atoms with E-state index in [2.05, 4.69) is 72.8 Å². The molecule has 0 N–H and O–H groups in total. The van der Waals surface area contributed by atoms with Gasteiger partial charge in [0, 0.05) is 5.56 Å². The summed E-state index contributed by atoms with van der Waals surface area (Å²) in [7, 11) is -2.48. The maximum Gasteiger partial charge on any atom is 0.184 e. The van der Waals surface area contributed by atoms with Crippen molar-refractivity contribution in [2.24, 2.45) is 0 Å². The first-order valence-electron chi connectivity index (χ1n) is 10.6. The number of rotatable bonds is 5. The van der Waals surface area contributed by atoms with E-state index in [1.165, 1.54) is 0 Å². The molecule has 0 amide bonds. The predicted molar refractivity (Wildman–Crippen MR) is 142 cm³/mol. The van der Waals surface area contributed by atoms with Crippen LogP contribution in [-0.4, -0.2) is 9.97 Å². The van der Waals surface area contributed by atoms with Crippen LogP contribution in [0.15, 0.2) is 121 Å². The zero-order valence-corrected chi connectivity index (χ0v) is 20.1. The lowest BCUT2D eigenvalue weighted by Crippen LogP contribution is -2.40. The van der Waals surface area contributed by atoms with Gasteiger partial charge in [-0.1, -0.05) is 108 Å². The van der Waals surface area contributed by atoms with Crippen molar-refractivity contribution in [1.82, 2.24) is 9.97 Å². The van der Waals surface area contributed by atoms with E-state index < -0.39 is 7.26 Å². The highest BCUT2D eigenvalue weighted by Crippen LogP contribution is 2.56. The van der Waals surface area contributed by atoms with E-state index in [1.54, 1.807) is 0 Å². The molecule has 5 aromatic rings. The van der Waals surface area contributed by atoms with Gasteiger partial charge in [0.25, 0.3) is 0 Å². The molecule has 1 aromatic heterocycles. The summed E-state index contributed by atoms with van der Waals surface area (Å²) < 4.78 is 0. The molecular weight excluding hydrogens is 466 g/mol. The van der Waals surface area contributed by atoms with Crippen molar-refractivity contribution in [3.8, 4) is 11.4 Å². The number of nitrogens with zero attached hydrogens (tertiary/aromatic N) is 2. The Hall–Kier alpha value is -3.03. The molecule has 0 aliphatic carbocycles. The lowest BCUT2D eigenvalue weighted by atomic mass is 10.2. The largest absolute Gasteiger partial charge is 0.212 e. The lowest BCUT2D eigenvalue weighted by Gasteiger charge is -2.28. The number of hydrogen-bond acceptors (Lipinski definition) is 2. The molecule has 4 aromatic carbocycles. The predicted octanol–water partition coefficient (Wildman–Crippen LogP) is 6.07. The van der Waals surface area contributed by atoms with Gasteiger partial charge in [-0.25, -0.2) is 9.97 Å². The number of hydrogen-bond donors (Lipinski definition) is 0. The molecule has 0 saturated heterocycles. The Morgan fingerprint density at radius 2 is 0.788 bits per heavy atom. The summed E-state index contributed by atoms with van der Waals surface area (Å²) in [5.74, 6) is 0.515. The second kappa shape index (κ2) is 9.45. The molecular formula is C28H20Cl2N2P+. The summed E-state index contributed by atoms with van der Waals surface area (Å²) in [6, 6.07) is 41.0. The Bertz CT molecular complexity index is 1240. The fourth-order valence-corrected chi connectivity index (χ4v) is 9.51. The summed E-state index contributed by atoms with van der Waals surface area (Å²) in [6.45, 7) is 0. The number of halogens is 2. The first-order chi connectivity index (χ1) is 16.2. The van der Waals surface area contributed by atoms with Gasteiger partial charge in [-0.05, 0) is 36.4 Å². The van der Waals surface area contributed by atoms with E-state index in [9.17, 15) is 0 Å². The average Bonchev–Trinajstić information content (AvgIpc) is 2.88. The molecule has 160 valence electrons. The number of aromatic nitrogens is 2. The quantitative estimate of drug-likeness (QED) is 0.223. The highest BCUT2D eigenvalue weighted by atomic mass is 35.5. The molecule has 0 aliphatic heterocycles. The molecule has 33 heavy (non-hydrogen) atoms. The molecule has 0 radical (unpaired) electrons. The molecule has 0 aliphatic rings. The SMILES string of the molecule is Clc1nc(-c2ccccc2)nc(Cl)c1[P+](c1ccccc1)(c1ccccc1)c1ccccc1. The molecule has 0 atom stereocenters. The highest BCUT2D eigenvalue weighted by Gasteiger charge is 2.52. The van der Waals surface area contributed by atoms with Crippen molar-refractivity contribution >= 4 is 51.7 Å². The Morgan fingerprint density at radius 3 is 1.15 bits per heavy atom. The van der Waals surface area contributed by atoms with E-state index in [0.717, 1.165) is 26.8 Å². The van der Waals surface area contributed by atoms with Crippen LogP contribution in [0.5, 0.6) is 0 Å². The van der Waals surface area contributed by atoms with Crippen LogP contribution in [0.1, 0.15) is 0 Å². The molecule has 2 nitrogen and oxygen atoms in total. The van der Waals surface area contributed by atoms with Gasteiger partial charge in [0.2, 0.25) is 0 Å². The molecule has 0 unspecified atom stereocenters. The third kappa shape index (κ3) is 3.96. The lowest BCUT2D eigenvalue weighted by molar-refractivity contribution is 1.19. The topological polar surface area (TPSA) is 25.8 Å². The van der Waals surface area contributed by atoms with E-state index in [0.29, 0.717) is 16.1 Å². The highest BCUT2D eigenvalue weighted by molar-refractivity contribution is 8.01. The second-order valence-electron chi connectivity index (χ2n) is 7.52. The first-order valence-corrected chi connectivity index (χ1v) is 13.1. The zero-order chi connectivity index (χ0) is 22.7. The van der Waals surface area contributed by atoms with Crippen LogP contribution in [0.3, 0.4) is 0 Å². The maximum absolute atomic E-state index is 7.01. The van der Waals surface area contributed by atoms with Crippen LogP contribution in [0, 0.1) is 0 Å². The molecule has 0 bridgehead atoms. The Balaban J connectivity index is 1.88. The van der Waals surface area contributed by atoms with Gasteiger partial charge in [0.05, 0.1) is 0 Å². The third-order valence-corrected chi connectivity index (χ3v) is 10.7. The van der Waals surface area contributed by atoms with E-state index in [1.807, 2.05) is 48.5 Å². The van der Waals surface area contributed by atoms with Gasteiger partial charge >= 0.3 is 0 Å². The van der Waals surface area contributed by atoms with Crippen molar-refractivity contribution in [3.05, 3.63) is 132 Å². The summed E-state index contributed by atoms with van der Waals surface area (Å²) >= 11 is 14.0. The third-order valence-electron chi connectivity index (χ3n) is 5.60. The van der Waals surface area contributed by atoms with Gasteiger partial charge in [-0.2, -0.15) is 0 Å². The first kappa shape index (κ1) is 21.8. The fraction of sp³-hybridized carbons (Fsp3) is 0. The van der Waals surface area contributed by atoms with Crippen molar-refractivity contribution in [1.29, 1.82) is 0 Å². The van der Waals surface area contributed by atoms with E-state index in [-0.39, 0.29) is 0 Å². The monoisotopic (exact) mass is 485 g/mol. The summed E-state index contributed by atoms with van der Waals surface area (Å²) in [4.78, 5) is 9.49. The molecule has 0 fully saturated rings. The van der Waals surface area contributed by atoms with Crippen molar-refractivity contribution in [2.75, 3.05) is 0 Å². The molecule has 5 rings (SSSR count). The minimum Gasteiger partial charge on any atom is -0.212 e. The fourth-order valence-electron chi connectivity index (χ4n) is 4.18. The van der Waals surface area contributed by atoms with Crippen molar-refractivity contribution < 1.29 is 0 Å². The van der Waals surface area contributed by atoms with Gasteiger partial charge in [-0.3, -0.25) is 0 Å². The van der Waals surface area contributed by atoms with Gasteiger partial charge < -0.3 is 0 Å². The standard InChI is InChI=1S/C28H20Cl2N2P/c29-26-25(27(30)32-28(31-26)21-13-5-1-6-14-21)33(22-15-7-2-8-16-22,23-17-9-3-10-18-23)24-19-11-4-12-20-24/h1-20H/q+1. The summed E-state index contributed by atoms with van der Waals surface area (Å²) in [5, 5.41) is 4.94. The van der Waals surface area contributed by atoms with Crippen molar-refractivity contribution in [2.45, 2.75) is 0 Å². The average molecular weight is 486 g/mol. The molecule has 0 saturated carbocycles. The summed E-state index contributed by atoms with van der Waals surface area (Å²) in [5.41, 5.74) is 0.871. The van der Waals surface area contributed by atoms with Crippen LogP contribution >= 0.6 is 30.5 Å². The van der Waals surface area contributed by atoms with Crippen molar-refractivity contribution in [3.63, 3.8) is 0 Å². The smallest absolute Gasteiger partial charge is 0.184 e. The maximum atomic E-state index is 7.01. The minimum atomic E-state index is -2.48. The Morgan fingerprint density at radius 1 is 0.455 bits per heavy atom. The minimum absolute atomic E-state index is 0.374. The van der Waals surface area contributed by atoms with Crippen LogP contribution in [0.4, 0.5) is 0 Å². The van der Waals surface area contributed by atoms with Crippen LogP contribution in [0.25, 0.3) is 11.4 Å². The number of benzene rings is 4. The van der Waals surface area contributed by atoms with Crippen LogP contribution < -0.4 is 21.2 Å². The normalized spacial score (nSPS) is 11.3. The van der Waals surface area contributed by atoms with Crippen LogP contribution in [-0.2, 0) is 0 Å². The Kier molecular flexibility index (Phi) is 6.24. The second-order valence-corrected chi connectivity index (χ2v) is 11.6. The van der Waals surface area contributed by atoms with Gasteiger partial charge in [0.15, 0.2) is 28.7 Å². The molecule has 5 heteroatoms. The molecule has 0 spiro atoms. The summed E-state index contributed by atoms with van der Waals surface area (Å²) in [6.07, 6.45) is 0. The molecule has 1 heterocycles. The van der Waals surface area contributed by atoms with Gasteiger partial charge in [0.1, 0.15) is 15.9 Å². The van der Waals surface area contributed by atoms with E-state index >= 15 is 0 Å². The van der Waals surface area contributed by atoms with Crippen LogP contribution in [0.2, 0.25) is 10.3 Å².